The van der Waals surface area contributed by atoms with Crippen molar-refractivity contribution in [2.24, 2.45) is 0 Å². The molecule has 150 valence electrons. The number of hydrogen-bond donors (Lipinski definition) is 0. The van der Waals surface area contributed by atoms with Crippen molar-refractivity contribution >= 4 is 38.7 Å². The molecule has 0 bridgehead atoms. The number of para-hydroxylation sites is 1. The Labute approximate surface area is 180 Å². The lowest BCUT2D eigenvalue weighted by atomic mass is 10.0. The first-order valence-corrected chi connectivity index (χ1v) is 10.8. The van der Waals surface area contributed by atoms with E-state index in [-0.39, 0.29) is 5.91 Å². The Morgan fingerprint density at radius 1 is 1.03 bits per heavy atom. The fraction of sp³-hybridized carbons (Fsp3) is 0.160. The number of carbonyl (C=O) groups excluding carboxylic acids is 1. The Kier molecular flexibility index (Phi) is 6.00. The number of carbonyl (C=O) groups is 1. The van der Waals surface area contributed by atoms with Gasteiger partial charge in [0, 0.05) is 12.3 Å². The van der Waals surface area contributed by atoms with E-state index in [1.807, 2.05) is 54.6 Å². The summed E-state index contributed by atoms with van der Waals surface area (Å²) in [4.78, 5) is 24.2. The van der Waals surface area contributed by atoms with Crippen molar-refractivity contribution in [2.75, 3.05) is 4.90 Å². The molecule has 0 aliphatic carbocycles. The van der Waals surface area contributed by atoms with Crippen LogP contribution in [-0.2, 0) is 11.3 Å². The summed E-state index contributed by atoms with van der Waals surface area (Å²) in [6.45, 7) is 4.69. The van der Waals surface area contributed by atoms with Crippen LogP contribution in [0.3, 0.4) is 0 Å². The highest BCUT2D eigenvalue weighted by atomic mass is 32.1. The molecule has 0 unspecified atom stereocenters. The zero-order chi connectivity index (χ0) is 20.9. The average molecular weight is 414 g/mol. The van der Waals surface area contributed by atoms with E-state index >= 15 is 0 Å². The molecule has 4 nitrogen and oxygen atoms in total. The molecule has 0 radical (unpaired) electrons. The van der Waals surface area contributed by atoms with Crippen LogP contribution in [-0.4, -0.2) is 15.9 Å². The summed E-state index contributed by atoms with van der Waals surface area (Å²) in [6.07, 6.45) is 5.18. The van der Waals surface area contributed by atoms with E-state index < -0.39 is 0 Å². The summed E-state index contributed by atoms with van der Waals surface area (Å²) in [7, 11) is 0. The third kappa shape index (κ3) is 4.47. The fourth-order valence-electron chi connectivity index (χ4n) is 3.25. The number of aromatic nitrogens is 2. The standard InChI is InChI=1S/C25H23N3OS/c1-18(2)21-12-8-13-22-24(21)27-25(30-22)28(17-20-11-6-7-16-26-20)23(29)15-14-19-9-4-3-5-10-19/h3-16,18H,17H2,1-2H3/b15-14+. The van der Waals surface area contributed by atoms with Gasteiger partial charge in [0.2, 0.25) is 0 Å². The van der Waals surface area contributed by atoms with Crippen LogP contribution in [0.2, 0.25) is 0 Å². The number of rotatable bonds is 6. The van der Waals surface area contributed by atoms with Gasteiger partial charge in [0.05, 0.1) is 22.5 Å². The zero-order valence-corrected chi connectivity index (χ0v) is 17.8. The van der Waals surface area contributed by atoms with Gasteiger partial charge < -0.3 is 0 Å². The van der Waals surface area contributed by atoms with Gasteiger partial charge in [-0.25, -0.2) is 4.98 Å². The molecule has 0 saturated heterocycles. The van der Waals surface area contributed by atoms with Crippen LogP contribution in [0, 0.1) is 0 Å². The number of hydrogen-bond acceptors (Lipinski definition) is 4. The average Bonchev–Trinajstić information content (AvgIpc) is 3.21. The summed E-state index contributed by atoms with van der Waals surface area (Å²) in [6, 6.07) is 21.8. The number of amides is 1. The maximum atomic E-state index is 13.2. The molecular weight excluding hydrogens is 390 g/mol. The highest BCUT2D eigenvalue weighted by molar-refractivity contribution is 7.22. The van der Waals surface area contributed by atoms with Crippen molar-refractivity contribution < 1.29 is 4.79 Å². The quantitative estimate of drug-likeness (QED) is 0.361. The molecule has 2 heterocycles. The van der Waals surface area contributed by atoms with Crippen LogP contribution in [0.4, 0.5) is 5.13 Å². The third-order valence-electron chi connectivity index (χ3n) is 4.82. The van der Waals surface area contributed by atoms with Crippen molar-refractivity contribution in [1.29, 1.82) is 0 Å². The molecule has 1 amide bonds. The minimum atomic E-state index is -0.116. The Balaban J connectivity index is 1.71. The smallest absolute Gasteiger partial charge is 0.253 e. The number of pyridine rings is 1. The molecule has 0 spiro atoms. The van der Waals surface area contributed by atoms with Crippen LogP contribution >= 0.6 is 11.3 Å². The largest absolute Gasteiger partial charge is 0.278 e. The minimum Gasteiger partial charge on any atom is -0.278 e. The lowest BCUT2D eigenvalue weighted by Crippen LogP contribution is -2.29. The predicted octanol–water partition coefficient (Wildman–Crippen LogP) is 6.06. The van der Waals surface area contributed by atoms with Crippen molar-refractivity contribution in [3.05, 3.63) is 95.8 Å². The highest BCUT2D eigenvalue weighted by Crippen LogP contribution is 2.34. The van der Waals surface area contributed by atoms with Gasteiger partial charge in [0.15, 0.2) is 5.13 Å². The Hall–Kier alpha value is -3.31. The van der Waals surface area contributed by atoms with Crippen LogP contribution in [0.15, 0.2) is 79.0 Å². The van der Waals surface area contributed by atoms with Gasteiger partial charge in [-0.3, -0.25) is 14.7 Å². The normalized spacial score (nSPS) is 11.4. The van der Waals surface area contributed by atoms with Crippen LogP contribution < -0.4 is 4.90 Å². The molecule has 30 heavy (non-hydrogen) atoms. The van der Waals surface area contributed by atoms with Gasteiger partial charge in [0.1, 0.15) is 0 Å². The first-order chi connectivity index (χ1) is 14.6. The fourth-order valence-corrected chi connectivity index (χ4v) is 4.26. The molecule has 0 fully saturated rings. The topological polar surface area (TPSA) is 46.1 Å². The minimum absolute atomic E-state index is 0.116. The molecule has 2 aromatic heterocycles. The maximum Gasteiger partial charge on any atom is 0.253 e. The maximum absolute atomic E-state index is 13.2. The number of nitrogens with zero attached hydrogens (tertiary/aromatic N) is 3. The number of anilines is 1. The van der Waals surface area contributed by atoms with E-state index in [0.29, 0.717) is 17.6 Å². The van der Waals surface area contributed by atoms with Crippen molar-refractivity contribution in [3.8, 4) is 0 Å². The third-order valence-corrected chi connectivity index (χ3v) is 5.87. The first-order valence-electron chi connectivity index (χ1n) is 9.96. The lowest BCUT2D eigenvalue weighted by molar-refractivity contribution is -0.114. The molecule has 4 rings (SSSR count). The van der Waals surface area contributed by atoms with Crippen molar-refractivity contribution in [2.45, 2.75) is 26.3 Å². The van der Waals surface area contributed by atoms with Crippen LogP contribution in [0.1, 0.15) is 36.6 Å². The van der Waals surface area contributed by atoms with E-state index in [0.717, 1.165) is 21.5 Å². The van der Waals surface area contributed by atoms with Gasteiger partial charge in [-0.15, -0.1) is 0 Å². The molecule has 0 N–H and O–H groups in total. The Morgan fingerprint density at radius 3 is 2.57 bits per heavy atom. The van der Waals surface area contributed by atoms with Crippen LogP contribution in [0.5, 0.6) is 0 Å². The van der Waals surface area contributed by atoms with Gasteiger partial charge in [-0.1, -0.05) is 73.7 Å². The SMILES string of the molecule is CC(C)c1cccc2sc(N(Cc3ccccn3)C(=O)/C=C/c3ccccc3)nc12. The molecule has 0 aliphatic rings. The van der Waals surface area contributed by atoms with E-state index in [1.54, 1.807) is 17.2 Å². The molecule has 4 aromatic rings. The molecule has 0 aliphatic heterocycles. The monoisotopic (exact) mass is 413 g/mol. The molecule has 2 aromatic carbocycles. The second kappa shape index (κ2) is 9.01. The predicted molar refractivity (Wildman–Crippen MR) is 125 cm³/mol. The van der Waals surface area contributed by atoms with E-state index in [2.05, 4.69) is 37.0 Å². The van der Waals surface area contributed by atoms with Gasteiger partial charge in [-0.05, 0) is 41.3 Å². The van der Waals surface area contributed by atoms with Gasteiger partial charge in [-0.2, -0.15) is 0 Å². The summed E-state index contributed by atoms with van der Waals surface area (Å²) in [5.74, 6) is 0.247. The Morgan fingerprint density at radius 2 is 1.83 bits per heavy atom. The summed E-state index contributed by atoms with van der Waals surface area (Å²) < 4.78 is 1.09. The van der Waals surface area contributed by atoms with E-state index in [1.165, 1.54) is 16.9 Å². The summed E-state index contributed by atoms with van der Waals surface area (Å²) in [5.41, 5.74) is 3.97. The zero-order valence-electron chi connectivity index (χ0n) is 17.0. The van der Waals surface area contributed by atoms with Crippen molar-refractivity contribution in [1.82, 2.24) is 9.97 Å². The van der Waals surface area contributed by atoms with E-state index in [4.69, 9.17) is 4.98 Å². The highest BCUT2D eigenvalue weighted by Gasteiger charge is 2.20. The van der Waals surface area contributed by atoms with Crippen molar-refractivity contribution in [3.63, 3.8) is 0 Å². The number of thiazole rings is 1. The second-order valence-corrected chi connectivity index (χ2v) is 8.34. The molecule has 0 saturated carbocycles. The molecule has 5 heteroatoms. The number of benzene rings is 2. The number of fused-ring (bicyclic) bond motifs is 1. The van der Waals surface area contributed by atoms with Gasteiger partial charge >= 0.3 is 0 Å². The molecule has 0 atom stereocenters. The first kappa shape index (κ1) is 20.0. The van der Waals surface area contributed by atoms with Gasteiger partial charge in [0.25, 0.3) is 5.91 Å². The second-order valence-electron chi connectivity index (χ2n) is 7.33. The molecular formula is C25H23N3OS. The Bertz CT molecular complexity index is 1170. The van der Waals surface area contributed by atoms with E-state index in [9.17, 15) is 4.79 Å². The summed E-state index contributed by atoms with van der Waals surface area (Å²) in [5, 5.41) is 0.687. The summed E-state index contributed by atoms with van der Waals surface area (Å²) >= 11 is 1.54. The lowest BCUT2D eigenvalue weighted by Gasteiger charge is -2.17. The van der Waals surface area contributed by atoms with Crippen LogP contribution in [0.25, 0.3) is 16.3 Å².